The molecular weight excluding hydrogens is 488 g/mol. The summed E-state index contributed by atoms with van der Waals surface area (Å²) < 4.78 is 42.5. The van der Waals surface area contributed by atoms with E-state index in [1.165, 1.54) is 29.5 Å². The van der Waals surface area contributed by atoms with Crippen molar-refractivity contribution in [3.05, 3.63) is 54.7 Å². The number of thiophene rings is 1. The van der Waals surface area contributed by atoms with Gasteiger partial charge in [-0.05, 0) is 36.2 Å². The van der Waals surface area contributed by atoms with Crippen LogP contribution in [0.5, 0.6) is 0 Å². The van der Waals surface area contributed by atoms with Gasteiger partial charge in [0.05, 0.1) is 23.9 Å². The molecule has 168 valence electrons. The van der Waals surface area contributed by atoms with Gasteiger partial charge in [-0.2, -0.15) is 18.4 Å². The molecule has 0 radical (unpaired) electrons. The summed E-state index contributed by atoms with van der Waals surface area (Å²) >= 11 is 13.1. The highest BCUT2D eigenvalue weighted by molar-refractivity contribution is 7.14. The number of amidine groups is 1. The van der Waals surface area contributed by atoms with E-state index in [0.29, 0.717) is 18.0 Å². The van der Waals surface area contributed by atoms with E-state index >= 15 is 0 Å². The van der Waals surface area contributed by atoms with Crippen LogP contribution in [0.2, 0.25) is 10.0 Å². The molecule has 4 rings (SSSR count). The highest BCUT2D eigenvalue weighted by atomic mass is 35.5. The van der Waals surface area contributed by atoms with Crippen LogP contribution in [-0.4, -0.2) is 29.4 Å². The van der Waals surface area contributed by atoms with Crippen LogP contribution in [0.25, 0.3) is 0 Å². The zero-order valence-electron chi connectivity index (χ0n) is 16.5. The van der Waals surface area contributed by atoms with Gasteiger partial charge in [0, 0.05) is 27.0 Å². The Hall–Kier alpha value is -2.48. The molecule has 1 atom stereocenters. The van der Waals surface area contributed by atoms with E-state index in [4.69, 9.17) is 33.3 Å². The van der Waals surface area contributed by atoms with Gasteiger partial charge in [0.2, 0.25) is 0 Å². The Balaban J connectivity index is 1.57. The first kappa shape index (κ1) is 22.7. The Kier molecular flexibility index (Phi) is 5.77. The number of nitriles is 1. The van der Waals surface area contributed by atoms with E-state index in [9.17, 15) is 18.0 Å². The molecule has 1 aromatic carbocycles. The minimum Gasteiger partial charge on any atom is -0.372 e. The molecule has 2 aliphatic heterocycles. The van der Waals surface area contributed by atoms with Gasteiger partial charge in [-0.25, -0.2) is 0 Å². The van der Waals surface area contributed by atoms with Crippen molar-refractivity contribution in [2.75, 3.05) is 6.54 Å². The second kappa shape index (κ2) is 8.14. The second-order valence-electron chi connectivity index (χ2n) is 7.41. The topological polar surface area (TPSA) is 77.7 Å². The number of fused-ring (bicyclic) bond motifs is 1. The van der Waals surface area contributed by atoms with Crippen molar-refractivity contribution in [3.63, 3.8) is 0 Å². The third-order valence-electron chi connectivity index (χ3n) is 5.44. The Labute approximate surface area is 195 Å². The van der Waals surface area contributed by atoms with Crippen LogP contribution in [-0.2, 0) is 23.5 Å². The van der Waals surface area contributed by atoms with Crippen molar-refractivity contribution in [2.24, 2.45) is 5.16 Å². The predicted octanol–water partition coefficient (Wildman–Crippen LogP) is 5.12. The number of hydrogen-bond donors (Lipinski definition) is 1. The van der Waals surface area contributed by atoms with Gasteiger partial charge in [-0.3, -0.25) is 4.79 Å². The Morgan fingerprint density at radius 2 is 2.03 bits per heavy atom. The summed E-state index contributed by atoms with van der Waals surface area (Å²) in [5, 5.41) is 15.1. The molecule has 0 saturated heterocycles. The standard InChI is InChI=1S/C20H15Cl2F3N4O2S/c1-10-14-8-29(9-15(14)32-17(10)18(30)27-3-2-26)16-7-19(31-28-16,20(23,24)25)11-4-12(21)6-13(22)5-11/h4-6H,3,7-9H2,1H3,(H,27,30). The molecule has 32 heavy (non-hydrogen) atoms. The molecule has 0 bridgehead atoms. The van der Waals surface area contributed by atoms with Crippen LogP contribution < -0.4 is 5.32 Å². The van der Waals surface area contributed by atoms with Crippen molar-refractivity contribution in [3.8, 4) is 6.07 Å². The predicted molar refractivity (Wildman–Crippen MR) is 114 cm³/mol. The van der Waals surface area contributed by atoms with E-state index < -0.39 is 18.2 Å². The number of nitrogens with zero attached hydrogens (tertiary/aromatic N) is 3. The van der Waals surface area contributed by atoms with Gasteiger partial charge in [-0.15, -0.1) is 11.3 Å². The molecule has 2 aromatic rings. The van der Waals surface area contributed by atoms with E-state index in [-0.39, 0.29) is 33.9 Å². The van der Waals surface area contributed by atoms with Crippen molar-refractivity contribution >= 4 is 46.3 Å². The summed E-state index contributed by atoms with van der Waals surface area (Å²) in [4.78, 5) is 20.3. The molecule has 6 nitrogen and oxygen atoms in total. The Morgan fingerprint density at radius 3 is 2.62 bits per heavy atom. The van der Waals surface area contributed by atoms with Gasteiger partial charge in [0.15, 0.2) is 0 Å². The maximum atomic E-state index is 14.2. The Morgan fingerprint density at radius 1 is 1.34 bits per heavy atom. The lowest BCUT2D eigenvalue weighted by Crippen LogP contribution is -2.43. The number of benzene rings is 1. The lowest BCUT2D eigenvalue weighted by Gasteiger charge is -2.30. The fourth-order valence-corrected chi connectivity index (χ4v) is 5.58. The molecule has 1 amide bonds. The number of carbonyl (C=O) groups is 1. The van der Waals surface area contributed by atoms with Gasteiger partial charge < -0.3 is 15.1 Å². The summed E-state index contributed by atoms with van der Waals surface area (Å²) in [7, 11) is 0. The normalized spacial score (nSPS) is 19.9. The first-order chi connectivity index (χ1) is 15.1. The maximum Gasteiger partial charge on any atom is 0.435 e. The fourth-order valence-electron chi connectivity index (χ4n) is 3.81. The molecule has 0 spiro atoms. The van der Waals surface area contributed by atoms with E-state index in [0.717, 1.165) is 16.0 Å². The monoisotopic (exact) mass is 502 g/mol. The largest absolute Gasteiger partial charge is 0.435 e. The molecule has 12 heteroatoms. The average molecular weight is 503 g/mol. The van der Waals surface area contributed by atoms with Crippen molar-refractivity contribution < 1.29 is 22.8 Å². The van der Waals surface area contributed by atoms with Crippen LogP contribution >= 0.6 is 34.5 Å². The lowest BCUT2D eigenvalue weighted by molar-refractivity contribution is -0.275. The van der Waals surface area contributed by atoms with Crippen LogP contribution in [0.3, 0.4) is 0 Å². The highest BCUT2D eigenvalue weighted by Crippen LogP contribution is 2.50. The van der Waals surface area contributed by atoms with E-state index in [2.05, 4.69) is 10.5 Å². The number of oxime groups is 1. The minimum atomic E-state index is -4.77. The molecule has 1 aromatic heterocycles. The first-order valence-electron chi connectivity index (χ1n) is 9.35. The molecule has 3 heterocycles. The van der Waals surface area contributed by atoms with Crippen LogP contribution in [0.15, 0.2) is 23.4 Å². The SMILES string of the molecule is Cc1c(C(=O)NCC#N)sc2c1CN(C1=NOC(c3cc(Cl)cc(Cl)c3)(C(F)(F)F)C1)C2. The molecular formula is C20H15Cl2F3N4O2S. The summed E-state index contributed by atoms with van der Waals surface area (Å²) in [6.07, 6.45) is -5.30. The summed E-state index contributed by atoms with van der Waals surface area (Å²) in [6.45, 7) is 2.28. The summed E-state index contributed by atoms with van der Waals surface area (Å²) in [5.74, 6) is -0.192. The zero-order valence-corrected chi connectivity index (χ0v) is 18.8. The molecule has 0 aliphatic carbocycles. The average Bonchev–Trinajstić information content (AvgIpc) is 3.39. The van der Waals surface area contributed by atoms with Gasteiger partial charge in [-0.1, -0.05) is 28.4 Å². The molecule has 1 unspecified atom stereocenters. The summed E-state index contributed by atoms with van der Waals surface area (Å²) in [6, 6.07) is 5.55. The van der Waals surface area contributed by atoms with Crippen LogP contribution in [0.1, 0.15) is 37.7 Å². The van der Waals surface area contributed by atoms with Crippen LogP contribution in [0, 0.1) is 18.3 Å². The minimum absolute atomic E-state index is 0.0642. The van der Waals surface area contributed by atoms with Gasteiger partial charge >= 0.3 is 6.18 Å². The maximum absolute atomic E-state index is 14.2. The van der Waals surface area contributed by atoms with E-state index in [1.54, 1.807) is 11.8 Å². The molecule has 1 N–H and O–H groups in total. The fraction of sp³-hybridized carbons (Fsp3) is 0.350. The number of nitrogens with one attached hydrogen (secondary N) is 1. The Bertz CT molecular complexity index is 1150. The number of amides is 1. The zero-order chi connectivity index (χ0) is 23.3. The van der Waals surface area contributed by atoms with Crippen molar-refractivity contribution in [1.82, 2.24) is 10.2 Å². The lowest BCUT2D eigenvalue weighted by atomic mass is 9.89. The van der Waals surface area contributed by atoms with E-state index in [1.807, 2.05) is 6.07 Å². The first-order valence-corrected chi connectivity index (χ1v) is 10.9. The second-order valence-corrected chi connectivity index (χ2v) is 9.39. The third kappa shape index (κ3) is 3.78. The number of halogens is 5. The number of carbonyl (C=O) groups excluding carboxylic acids is 1. The molecule has 0 saturated carbocycles. The molecule has 0 fully saturated rings. The number of hydrogen-bond acceptors (Lipinski definition) is 6. The van der Waals surface area contributed by atoms with Crippen molar-refractivity contribution in [2.45, 2.75) is 38.2 Å². The number of alkyl halides is 3. The summed E-state index contributed by atoms with van der Waals surface area (Å²) in [5.41, 5.74) is -1.30. The smallest absolute Gasteiger partial charge is 0.372 e. The molecule has 2 aliphatic rings. The number of rotatable bonds is 3. The highest BCUT2D eigenvalue weighted by Gasteiger charge is 2.63. The third-order valence-corrected chi connectivity index (χ3v) is 7.19. The quantitative estimate of drug-likeness (QED) is 0.590. The van der Waals surface area contributed by atoms with Gasteiger partial charge in [0.1, 0.15) is 12.4 Å². The van der Waals surface area contributed by atoms with Crippen molar-refractivity contribution in [1.29, 1.82) is 5.26 Å². The van der Waals surface area contributed by atoms with Crippen LogP contribution in [0.4, 0.5) is 13.2 Å². The van der Waals surface area contributed by atoms with Gasteiger partial charge in [0.25, 0.3) is 11.5 Å².